The maximum Gasteiger partial charge on any atom is 0.335 e. The SMILES string of the molecule is COc1cc(/C=C2\C(=O)NC(=O)N(c3cc(C)cc(C)c3)C2=O)c(Br)cc1OCC#N. The van der Waals surface area contributed by atoms with Crippen LogP contribution in [0.25, 0.3) is 6.08 Å². The number of hydrogen-bond donors (Lipinski definition) is 1. The Kier molecular flexibility index (Phi) is 6.42. The molecule has 0 radical (unpaired) electrons. The second-order valence-electron chi connectivity index (χ2n) is 6.78. The standard InChI is InChI=1S/C22H18BrN3O5/c1-12-6-13(2)8-15(7-12)26-21(28)16(20(27)25-22(26)29)9-14-10-18(30-3)19(11-17(14)23)31-5-4-24/h6-11H,5H2,1-3H3,(H,25,27,29)/b16-9+. The van der Waals surface area contributed by atoms with Crippen LogP contribution in [0.2, 0.25) is 0 Å². The summed E-state index contributed by atoms with van der Waals surface area (Å²) in [6.45, 7) is 3.53. The van der Waals surface area contributed by atoms with Crippen LogP contribution in [-0.2, 0) is 9.59 Å². The average molecular weight is 484 g/mol. The van der Waals surface area contributed by atoms with Crippen molar-refractivity contribution in [1.29, 1.82) is 5.26 Å². The van der Waals surface area contributed by atoms with E-state index >= 15 is 0 Å². The zero-order valence-electron chi connectivity index (χ0n) is 17.0. The van der Waals surface area contributed by atoms with Gasteiger partial charge < -0.3 is 9.47 Å². The number of nitrogens with zero attached hydrogens (tertiary/aromatic N) is 2. The molecule has 4 amide bonds. The van der Waals surface area contributed by atoms with Gasteiger partial charge in [0, 0.05) is 4.47 Å². The first-order valence-corrected chi connectivity index (χ1v) is 9.91. The summed E-state index contributed by atoms with van der Waals surface area (Å²) >= 11 is 3.37. The summed E-state index contributed by atoms with van der Waals surface area (Å²) in [7, 11) is 1.43. The molecule has 31 heavy (non-hydrogen) atoms. The van der Waals surface area contributed by atoms with Crippen LogP contribution in [0.1, 0.15) is 16.7 Å². The molecule has 2 aromatic rings. The highest BCUT2D eigenvalue weighted by atomic mass is 79.9. The number of methoxy groups -OCH3 is 1. The van der Waals surface area contributed by atoms with Gasteiger partial charge >= 0.3 is 6.03 Å². The van der Waals surface area contributed by atoms with E-state index in [1.54, 1.807) is 24.3 Å². The van der Waals surface area contributed by atoms with E-state index in [4.69, 9.17) is 14.7 Å². The predicted octanol–water partition coefficient (Wildman–Crippen LogP) is 3.64. The largest absolute Gasteiger partial charge is 0.493 e. The first kappa shape index (κ1) is 22.1. The molecule has 1 fully saturated rings. The first-order valence-electron chi connectivity index (χ1n) is 9.12. The second-order valence-corrected chi connectivity index (χ2v) is 7.63. The topological polar surface area (TPSA) is 109 Å². The average Bonchev–Trinajstić information content (AvgIpc) is 2.69. The molecular formula is C22H18BrN3O5. The van der Waals surface area contributed by atoms with E-state index in [0.717, 1.165) is 16.0 Å². The summed E-state index contributed by atoms with van der Waals surface area (Å²) in [5, 5.41) is 10.9. The molecule has 1 aliphatic rings. The lowest BCUT2D eigenvalue weighted by atomic mass is 10.0. The highest BCUT2D eigenvalue weighted by Crippen LogP contribution is 2.35. The van der Waals surface area contributed by atoms with Crippen molar-refractivity contribution in [1.82, 2.24) is 5.32 Å². The van der Waals surface area contributed by atoms with Gasteiger partial charge in [-0.25, -0.2) is 9.69 Å². The molecular weight excluding hydrogens is 466 g/mol. The van der Waals surface area contributed by atoms with E-state index in [9.17, 15) is 14.4 Å². The number of anilines is 1. The normalized spacial score (nSPS) is 15.0. The van der Waals surface area contributed by atoms with Crippen LogP contribution in [0.15, 0.2) is 40.4 Å². The van der Waals surface area contributed by atoms with Gasteiger partial charge in [-0.1, -0.05) is 22.0 Å². The summed E-state index contributed by atoms with van der Waals surface area (Å²) in [5.74, 6) is -0.901. The number of carbonyl (C=O) groups excluding carboxylic acids is 3. The molecule has 8 nitrogen and oxygen atoms in total. The zero-order valence-corrected chi connectivity index (χ0v) is 18.6. The van der Waals surface area contributed by atoms with Gasteiger partial charge in [0.25, 0.3) is 11.8 Å². The van der Waals surface area contributed by atoms with Gasteiger partial charge in [-0.3, -0.25) is 14.9 Å². The van der Waals surface area contributed by atoms with Crippen molar-refractivity contribution in [2.75, 3.05) is 18.6 Å². The fraction of sp³-hybridized carbons (Fsp3) is 0.182. The Morgan fingerprint density at radius 1 is 1.10 bits per heavy atom. The number of nitriles is 1. The summed E-state index contributed by atoms with van der Waals surface area (Å²) in [6, 6.07) is 9.49. The molecule has 0 aromatic heterocycles. The maximum atomic E-state index is 13.1. The van der Waals surface area contributed by atoms with E-state index in [1.807, 2.05) is 26.0 Å². The maximum absolute atomic E-state index is 13.1. The van der Waals surface area contributed by atoms with Crippen molar-refractivity contribution < 1.29 is 23.9 Å². The van der Waals surface area contributed by atoms with Gasteiger partial charge in [0.2, 0.25) is 0 Å². The minimum atomic E-state index is -0.811. The van der Waals surface area contributed by atoms with Crippen molar-refractivity contribution in [2.24, 2.45) is 0 Å². The number of amides is 4. The number of rotatable bonds is 5. The van der Waals surface area contributed by atoms with Crippen molar-refractivity contribution in [3.8, 4) is 17.6 Å². The Labute approximate surface area is 187 Å². The molecule has 0 saturated carbocycles. The Hall–Kier alpha value is -3.64. The molecule has 0 bridgehead atoms. The highest BCUT2D eigenvalue weighted by Gasteiger charge is 2.37. The summed E-state index contributed by atoms with van der Waals surface area (Å²) in [5.41, 5.74) is 2.36. The van der Waals surface area contributed by atoms with Gasteiger partial charge in [0.05, 0.1) is 12.8 Å². The summed E-state index contributed by atoms with van der Waals surface area (Å²) < 4.78 is 11.1. The van der Waals surface area contributed by atoms with E-state index in [2.05, 4.69) is 21.2 Å². The molecule has 1 heterocycles. The third-order valence-corrected chi connectivity index (χ3v) is 5.13. The zero-order chi connectivity index (χ0) is 22.7. The van der Waals surface area contributed by atoms with Gasteiger partial charge in [-0.15, -0.1) is 0 Å². The fourth-order valence-electron chi connectivity index (χ4n) is 3.17. The lowest BCUT2D eigenvalue weighted by molar-refractivity contribution is -0.122. The smallest absolute Gasteiger partial charge is 0.335 e. The Morgan fingerprint density at radius 3 is 2.39 bits per heavy atom. The Bertz CT molecular complexity index is 1150. The fourth-order valence-corrected chi connectivity index (χ4v) is 3.61. The van der Waals surface area contributed by atoms with Crippen LogP contribution in [0.5, 0.6) is 11.5 Å². The van der Waals surface area contributed by atoms with Crippen LogP contribution in [0, 0.1) is 25.2 Å². The number of urea groups is 1. The molecule has 0 aliphatic carbocycles. The molecule has 3 rings (SSSR count). The third kappa shape index (κ3) is 4.59. The van der Waals surface area contributed by atoms with E-state index < -0.39 is 17.8 Å². The number of ether oxygens (including phenoxy) is 2. The molecule has 1 N–H and O–H groups in total. The quantitative estimate of drug-likeness (QED) is 0.513. The van der Waals surface area contributed by atoms with Gasteiger partial charge in [-0.05, 0) is 60.9 Å². The second kappa shape index (κ2) is 9.02. The van der Waals surface area contributed by atoms with Crippen molar-refractivity contribution in [2.45, 2.75) is 13.8 Å². The molecule has 1 saturated heterocycles. The summed E-state index contributed by atoms with van der Waals surface area (Å²) in [6.07, 6.45) is 1.36. The number of aryl methyl sites for hydroxylation is 2. The number of carbonyl (C=O) groups is 3. The van der Waals surface area contributed by atoms with Gasteiger partial charge in [0.15, 0.2) is 18.1 Å². The van der Waals surface area contributed by atoms with E-state index in [1.165, 1.54) is 13.2 Å². The summed E-state index contributed by atoms with van der Waals surface area (Å²) in [4.78, 5) is 38.9. The van der Waals surface area contributed by atoms with Crippen molar-refractivity contribution >= 4 is 45.5 Å². The van der Waals surface area contributed by atoms with Crippen molar-refractivity contribution in [3.05, 3.63) is 57.1 Å². The first-order chi connectivity index (χ1) is 14.7. The number of imide groups is 2. The molecule has 9 heteroatoms. The molecule has 2 aromatic carbocycles. The lowest BCUT2D eigenvalue weighted by Crippen LogP contribution is -2.54. The van der Waals surface area contributed by atoms with Gasteiger partial charge in [0.1, 0.15) is 11.6 Å². The van der Waals surface area contributed by atoms with E-state index in [-0.39, 0.29) is 12.2 Å². The molecule has 0 spiro atoms. The molecule has 158 valence electrons. The minimum Gasteiger partial charge on any atom is -0.493 e. The minimum absolute atomic E-state index is 0.170. The third-order valence-electron chi connectivity index (χ3n) is 4.44. The Balaban J connectivity index is 2.05. The van der Waals surface area contributed by atoms with Gasteiger partial charge in [-0.2, -0.15) is 5.26 Å². The number of benzene rings is 2. The predicted molar refractivity (Wildman–Crippen MR) is 117 cm³/mol. The van der Waals surface area contributed by atoms with E-state index in [0.29, 0.717) is 27.2 Å². The number of halogens is 1. The highest BCUT2D eigenvalue weighted by molar-refractivity contribution is 9.10. The van der Waals surface area contributed by atoms with Crippen molar-refractivity contribution in [3.63, 3.8) is 0 Å². The molecule has 0 unspecified atom stereocenters. The Morgan fingerprint density at radius 2 is 1.77 bits per heavy atom. The van der Waals surface area contributed by atoms with Crippen LogP contribution < -0.4 is 19.7 Å². The van der Waals surface area contributed by atoms with Crippen LogP contribution in [0.4, 0.5) is 10.5 Å². The monoisotopic (exact) mass is 483 g/mol. The van der Waals surface area contributed by atoms with Crippen LogP contribution in [-0.4, -0.2) is 31.6 Å². The molecule has 0 atom stereocenters. The number of barbiturate groups is 1. The lowest BCUT2D eigenvalue weighted by Gasteiger charge is -2.27. The molecule has 1 aliphatic heterocycles. The number of nitrogens with one attached hydrogen (secondary N) is 1. The van der Waals surface area contributed by atoms with Crippen LogP contribution >= 0.6 is 15.9 Å². The van der Waals surface area contributed by atoms with Crippen LogP contribution in [0.3, 0.4) is 0 Å². The number of hydrogen-bond acceptors (Lipinski definition) is 6.